The van der Waals surface area contributed by atoms with E-state index in [4.69, 9.17) is 14.2 Å². The van der Waals surface area contributed by atoms with E-state index in [0.29, 0.717) is 18.9 Å². The molecule has 0 spiro atoms. The van der Waals surface area contributed by atoms with Crippen LogP contribution in [0.5, 0.6) is 17.2 Å². The van der Waals surface area contributed by atoms with Crippen molar-refractivity contribution in [1.29, 1.82) is 0 Å². The van der Waals surface area contributed by atoms with Gasteiger partial charge in [0.15, 0.2) is 0 Å². The molecular formula is C28H27N3O4. The number of methoxy groups -OCH3 is 1. The van der Waals surface area contributed by atoms with E-state index in [1.54, 1.807) is 12.0 Å². The van der Waals surface area contributed by atoms with Crippen molar-refractivity contribution in [3.05, 3.63) is 89.6 Å². The number of hydrogen-bond acceptors (Lipinski definition) is 5. The lowest BCUT2D eigenvalue weighted by Crippen LogP contribution is -2.29. The number of carbonyl (C=O) groups excluding carboxylic acids is 1. The van der Waals surface area contributed by atoms with Crippen molar-refractivity contribution in [2.24, 2.45) is 0 Å². The molecule has 178 valence electrons. The highest BCUT2D eigenvalue weighted by atomic mass is 16.5. The molecule has 0 fully saturated rings. The highest BCUT2D eigenvalue weighted by molar-refractivity contribution is 6.11. The van der Waals surface area contributed by atoms with E-state index in [-0.39, 0.29) is 11.9 Å². The molecule has 2 heterocycles. The lowest BCUT2D eigenvalue weighted by atomic mass is 9.95. The van der Waals surface area contributed by atoms with Gasteiger partial charge in [-0.3, -0.25) is 14.8 Å². The Kier molecular flexibility index (Phi) is 6.14. The minimum Gasteiger partial charge on any atom is -0.497 e. The molecule has 0 saturated carbocycles. The van der Waals surface area contributed by atoms with Gasteiger partial charge < -0.3 is 14.2 Å². The summed E-state index contributed by atoms with van der Waals surface area (Å²) >= 11 is 0. The number of aromatic nitrogens is 2. The summed E-state index contributed by atoms with van der Waals surface area (Å²) in [4.78, 5) is 15.5. The quantitative estimate of drug-likeness (QED) is 0.362. The standard InChI is InChI=1S/C28H27N3O4/c1-4-34-21-13-9-18(10-14-21)25-24-26(30-29-25)28(32)31(20-11-15-22(16-12-20)35-5-2)27(24)19-7-6-8-23(17-19)33-3/h6-17,27H,4-5H2,1-3H3,(H,29,30)/t27-/m0/s1. The van der Waals surface area contributed by atoms with E-state index in [9.17, 15) is 4.79 Å². The Morgan fingerprint density at radius 3 is 2.17 bits per heavy atom. The van der Waals surface area contributed by atoms with Gasteiger partial charge in [-0.25, -0.2) is 0 Å². The Labute approximate surface area is 204 Å². The molecule has 0 bridgehead atoms. The third-order valence-electron chi connectivity index (χ3n) is 6.04. The number of aromatic amines is 1. The summed E-state index contributed by atoms with van der Waals surface area (Å²) in [5.41, 5.74) is 4.65. The fourth-order valence-corrected chi connectivity index (χ4v) is 4.51. The minimum atomic E-state index is -0.383. The predicted molar refractivity (Wildman–Crippen MR) is 134 cm³/mol. The van der Waals surface area contributed by atoms with Gasteiger partial charge in [0, 0.05) is 16.8 Å². The Balaban J connectivity index is 1.63. The zero-order valence-corrected chi connectivity index (χ0v) is 19.9. The van der Waals surface area contributed by atoms with Gasteiger partial charge >= 0.3 is 0 Å². The summed E-state index contributed by atoms with van der Waals surface area (Å²) in [6.45, 7) is 5.07. The molecule has 0 aliphatic carbocycles. The molecule has 1 aliphatic rings. The number of rotatable bonds is 8. The van der Waals surface area contributed by atoms with Crippen LogP contribution in [0.15, 0.2) is 72.8 Å². The van der Waals surface area contributed by atoms with Crippen molar-refractivity contribution in [2.45, 2.75) is 19.9 Å². The first-order valence-electron chi connectivity index (χ1n) is 11.7. The number of nitrogens with zero attached hydrogens (tertiary/aromatic N) is 2. The van der Waals surface area contributed by atoms with Crippen LogP contribution < -0.4 is 19.1 Å². The van der Waals surface area contributed by atoms with Crippen LogP contribution in [0.25, 0.3) is 11.3 Å². The first-order valence-corrected chi connectivity index (χ1v) is 11.7. The van der Waals surface area contributed by atoms with Crippen LogP contribution >= 0.6 is 0 Å². The molecule has 7 nitrogen and oxygen atoms in total. The summed E-state index contributed by atoms with van der Waals surface area (Å²) in [7, 11) is 1.64. The van der Waals surface area contributed by atoms with Crippen LogP contribution in [0.2, 0.25) is 0 Å². The maximum atomic E-state index is 13.7. The van der Waals surface area contributed by atoms with Gasteiger partial charge in [-0.15, -0.1) is 0 Å². The van der Waals surface area contributed by atoms with Crippen molar-refractivity contribution >= 4 is 11.6 Å². The molecular weight excluding hydrogens is 442 g/mol. The smallest absolute Gasteiger partial charge is 0.277 e. The zero-order chi connectivity index (χ0) is 24.4. The normalized spacial score (nSPS) is 14.7. The molecule has 1 N–H and O–H groups in total. The van der Waals surface area contributed by atoms with Gasteiger partial charge in [-0.1, -0.05) is 12.1 Å². The topological polar surface area (TPSA) is 76.7 Å². The predicted octanol–water partition coefficient (Wildman–Crippen LogP) is 5.63. The summed E-state index contributed by atoms with van der Waals surface area (Å²) in [6, 6.07) is 22.8. The third-order valence-corrected chi connectivity index (χ3v) is 6.04. The fraction of sp³-hybridized carbons (Fsp3) is 0.214. The van der Waals surface area contributed by atoms with Gasteiger partial charge in [-0.05, 0) is 80.1 Å². The Morgan fingerprint density at radius 1 is 0.886 bits per heavy atom. The highest BCUT2D eigenvalue weighted by Gasteiger charge is 2.43. The SMILES string of the molecule is CCOc1ccc(-c2n[nH]c3c2[C@H](c2cccc(OC)c2)N(c2ccc(OCC)cc2)C3=O)cc1. The number of anilines is 1. The van der Waals surface area contributed by atoms with Gasteiger partial charge in [0.25, 0.3) is 5.91 Å². The van der Waals surface area contributed by atoms with E-state index in [1.165, 1.54) is 0 Å². The van der Waals surface area contributed by atoms with Crippen LogP contribution in [0.3, 0.4) is 0 Å². The number of ether oxygens (including phenoxy) is 3. The van der Waals surface area contributed by atoms with E-state index in [2.05, 4.69) is 10.2 Å². The van der Waals surface area contributed by atoms with Crippen LogP contribution in [-0.2, 0) is 0 Å². The van der Waals surface area contributed by atoms with E-state index >= 15 is 0 Å². The molecule has 1 aromatic heterocycles. The number of fused-ring (bicyclic) bond motifs is 1. The second-order valence-corrected chi connectivity index (χ2v) is 8.10. The Morgan fingerprint density at radius 2 is 1.54 bits per heavy atom. The van der Waals surface area contributed by atoms with E-state index < -0.39 is 0 Å². The molecule has 1 aliphatic heterocycles. The first kappa shape index (κ1) is 22.5. The summed E-state index contributed by atoms with van der Waals surface area (Å²) in [5, 5.41) is 7.56. The van der Waals surface area contributed by atoms with Crippen molar-refractivity contribution in [3.8, 4) is 28.5 Å². The number of nitrogens with one attached hydrogen (secondary N) is 1. The third kappa shape index (κ3) is 4.10. The monoisotopic (exact) mass is 469 g/mol. The van der Waals surface area contributed by atoms with Crippen LogP contribution in [-0.4, -0.2) is 36.4 Å². The summed E-state index contributed by atoms with van der Waals surface area (Å²) in [6.07, 6.45) is 0. The fourth-order valence-electron chi connectivity index (χ4n) is 4.51. The zero-order valence-electron chi connectivity index (χ0n) is 19.9. The number of H-pyrrole nitrogens is 1. The molecule has 1 amide bonds. The number of benzene rings is 3. The first-order chi connectivity index (χ1) is 17.1. The maximum Gasteiger partial charge on any atom is 0.277 e. The average Bonchev–Trinajstić information content (AvgIpc) is 3.44. The highest BCUT2D eigenvalue weighted by Crippen LogP contribution is 2.45. The summed E-state index contributed by atoms with van der Waals surface area (Å²) < 4.78 is 16.7. The van der Waals surface area contributed by atoms with Crippen LogP contribution in [0.1, 0.15) is 41.5 Å². The molecule has 7 heteroatoms. The van der Waals surface area contributed by atoms with Gasteiger partial charge in [0.2, 0.25) is 0 Å². The molecule has 5 rings (SSSR count). The summed E-state index contributed by atoms with van der Waals surface area (Å²) in [5.74, 6) is 2.14. The molecule has 0 radical (unpaired) electrons. The Hall–Kier alpha value is -4.26. The Bertz CT molecular complexity index is 1330. The van der Waals surface area contributed by atoms with Crippen molar-refractivity contribution in [1.82, 2.24) is 10.2 Å². The second-order valence-electron chi connectivity index (χ2n) is 8.10. The number of carbonyl (C=O) groups is 1. The van der Waals surface area contributed by atoms with Gasteiger partial charge in [-0.2, -0.15) is 5.10 Å². The largest absolute Gasteiger partial charge is 0.497 e. The van der Waals surface area contributed by atoms with Crippen molar-refractivity contribution in [3.63, 3.8) is 0 Å². The van der Waals surface area contributed by atoms with Gasteiger partial charge in [0.05, 0.1) is 32.1 Å². The maximum absolute atomic E-state index is 13.7. The second kappa shape index (κ2) is 9.54. The van der Waals surface area contributed by atoms with Crippen molar-refractivity contribution in [2.75, 3.05) is 25.2 Å². The number of amides is 1. The molecule has 0 unspecified atom stereocenters. The molecule has 3 aromatic carbocycles. The van der Waals surface area contributed by atoms with Gasteiger partial charge in [0.1, 0.15) is 22.9 Å². The average molecular weight is 470 g/mol. The molecule has 1 atom stereocenters. The molecule has 35 heavy (non-hydrogen) atoms. The lowest BCUT2D eigenvalue weighted by Gasteiger charge is -2.27. The van der Waals surface area contributed by atoms with Crippen LogP contribution in [0.4, 0.5) is 5.69 Å². The molecule has 4 aromatic rings. The van der Waals surface area contributed by atoms with E-state index in [1.807, 2.05) is 86.6 Å². The van der Waals surface area contributed by atoms with E-state index in [0.717, 1.165) is 45.3 Å². The minimum absolute atomic E-state index is 0.137. The van der Waals surface area contributed by atoms with Crippen molar-refractivity contribution < 1.29 is 19.0 Å². The lowest BCUT2D eigenvalue weighted by molar-refractivity contribution is 0.0988. The van der Waals surface area contributed by atoms with Crippen LogP contribution in [0, 0.1) is 0 Å². The number of hydrogen-bond donors (Lipinski definition) is 1. The molecule has 0 saturated heterocycles.